The zero-order chi connectivity index (χ0) is 27.0. The molecule has 9 nitrogen and oxygen atoms in total. The molecule has 4 N–H and O–H groups in total. The first kappa shape index (κ1) is 26.5. The molecule has 2 fully saturated rings. The van der Waals surface area contributed by atoms with Crippen molar-refractivity contribution in [2.45, 2.75) is 13.2 Å². The number of ether oxygens (including phenoxy) is 2. The first-order valence-electron chi connectivity index (χ1n) is 12.3. The minimum Gasteiger partial charge on any atom is -0.493 e. The molecule has 5 rings (SSSR count). The van der Waals surface area contributed by atoms with E-state index in [1.165, 1.54) is 19.5 Å². The van der Waals surface area contributed by atoms with Gasteiger partial charge in [-0.15, -0.1) is 0 Å². The number of nitrogens with zero attached hydrogens (tertiary/aromatic N) is 4. The largest absolute Gasteiger partial charge is 0.493 e. The van der Waals surface area contributed by atoms with Crippen LogP contribution in [0.3, 0.4) is 0 Å². The molecule has 2 saturated heterocycles. The molecule has 1 spiro atoms. The number of nitrogen functional groups attached to an aromatic ring is 1. The van der Waals surface area contributed by atoms with E-state index in [-0.39, 0.29) is 12.3 Å². The maximum atomic E-state index is 9.02. The van der Waals surface area contributed by atoms with E-state index in [2.05, 4.69) is 20.1 Å². The van der Waals surface area contributed by atoms with E-state index in [9.17, 15) is 0 Å². The molecule has 3 aromatic rings. The van der Waals surface area contributed by atoms with E-state index in [1.807, 2.05) is 20.2 Å². The number of nitrogens with one attached hydrogen (secondary N) is 2. The summed E-state index contributed by atoms with van der Waals surface area (Å²) in [6, 6.07) is 5.40. The molecule has 11 heteroatoms. The lowest BCUT2D eigenvalue weighted by Gasteiger charge is -2.56. The lowest BCUT2D eigenvalue weighted by molar-refractivity contribution is 0.120. The molecule has 0 radical (unpaired) electrons. The van der Waals surface area contributed by atoms with Crippen molar-refractivity contribution in [2.24, 2.45) is 5.41 Å². The monoisotopic (exact) mass is 555 g/mol. The van der Waals surface area contributed by atoms with E-state index in [0.717, 1.165) is 37.6 Å². The number of rotatable bonds is 9. The predicted molar refractivity (Wildman–Crippen MR) is 151 cm³/mol. The molecule has 2 aliphatic heterocycles. The van der Waals surface area contributed by atoms with Gasteiger partial charge >= 0.3 is 0 Å². The summed E-state index contributed by atoms with van der Waals surface area (Å²) in [7, 11) is 5.60. The van der Waals surface area contributed by atoms with Gasteiger partial charge in [-0.25, -0.2) is 4.98 Å². The second kappa shape index (κ2) is 10.6. The summed E-state index contributed by atoms with van der Waals surface area (Å²) in [6.45, 7) is 4.95. The number of halogens is 2. The third-order valence-corrected chi connectivity index (χ3v) is 7.65. The van der Waals surface area contributed by atoms with Crippen molar-refractivity contribution in [1.29, 1.82) is 5.41 Å². The smallest absolute Gasteiger partial charge is 0.162 e. The van der Waals surface area contributed by atoms with Crippen LogP contribution in [-0.2, 0) is 13.2 Å². The van der Waals surface area contributed by atoms with Gasteiger partial charge in [-0.2, -0.15) is 0 Å². The van der Waals surface area contributed by atoms with Crippen molar-refractivity contribution >= 4 is 40.4 Å². The Morgan fingerprint density at radius 3 is 2.45 bits per heavy atom. The molecule has 200 valence electrons. The standard InChI is InChI=1S/C27H31Cl2N7O2/c1-35(2)10-17-4-16(7-34-26(17)36-14-27(15-36)12-33-13-27)25(31)18-5-24(23(37-3)6-22(18)30)38-11-19-20(28)8-32-9-21(19)29/h4-9,31,33H,10-15,30H2,1-3H3. The quantitative estimate of drug-likeness (QED) is 0.269. The lowest BCUT2D eigenvalue weighted by atomic mass is 9.74. The van der Waals surface area contributed by atoms with Crippen molar-refractivity contribution in [3.8, 4) is 11.5 Å². The molecule has 38 heavy (non-hydrogen) atoms. The average molecular weight is 556 g/mol. The van der Waals surface area contributed by atoms with Crippen molar-refractivity contribution in [3.63, 3.8) is 0 Å². The molecule has 0 amide bonds. The Bertz CT molecular complexity index is 1350. The van der Waals surface area contributed by atoms with Crippen LogP contribution in [0.15, 0.2) is 36.8 Å². The molecule has 0 atom stereocenters. The minimum absolute atomic E-state index is 0.101. The summed E-state index contributed by atoms with van der Waals surface area (Å²) < 4.78 is 11.5. The second-order valence-corrected chi connectivity index (χ2v) is 11.1. The Kier molecular flexibility index (Phi) is 7.37. The fraction of sp³-hybridized carbons (Fsp3) is 0.370. The molecule has 0 bridgehead atoms. The fourth-order valence-electron chi connectivity index (χ4n) is 4.94. The Labute approximate surface area is 232 Å². The van der Waals surface area contributed by atoms with Crippen LogP contribution in [0.4, 0.5) is 11.5 Å². The van der Waals surface area contributed by atoms with Gasteiger partial charge in [0.25, 0.3) is 0 Å². The van der Waals surface area contributed by atoms with Gasteiger partial charge in [0.05, 0.1) is 22.9 Å². The van der Waals surface area contributed by atoms with Crippen LogP contribution >= 0.6 is 23.2 Å². The lowest BCUT2D eigenvalue weighted by Crippen LogP contribution is -2.71. The zero-order valence-corrected chi connectivity index (χ0v) is 23.2. The van der Waals surface area contributed by atoms with Gasteiger partial charge in [-0.3, -0.25) is 10.4 Å². The summed E-state index contributed by atoms with van der Waals surface area (Å²) >= 11 is 12.5. The third kappa shape index (κ3) is 5.11. The highest BCUT2D eigenvalue weighted by Crippen LogP contribution is 2.39. The van der Waals surface area contributed by atoms with E-state index in [0.29, 0.717) is 55.9 Å². The van der Waals surface area contributed by atoms with Crippen LogP contribution in [0.2, 0.25) is 10.0 Å². The van der Waals surface area contributed by atoms with Gasteiger partial charge in [-0.1, -0.05) is 23.2 Å². The highest BCUT2D eigenvalue weighted by atomic mass is 35.5. The van der Waals surface area contributed by atoms with Gasteiger partial charge in [-0.05, 0) is 26.2 Å². The molecule has 1 aromatic carbocycles. The number of aromatic nitrogens is 2. The normalized spacial score (nSPS) is 15.8. The molecule has 0 saturated carbocycles. The third-order valence-electron chi connectivity index (χ3n) is 7.00. The topological polar surface area (TPSA) is 113 Å². The van der Waals surface area contributed by atoms with E-state index in [1.54, 1.807) is 18.3 Å². The number of hydrogen-bond acceptors (Lipinski definition) is 9. The number of anilines is 2. The molecule has 2 aliphatic rings. The average Bonchev–Trinajstić information content (AvgIpc) is 2.82. The summed E-state index contributed by atoms with van der Waals surface area (Å²) in [6.07, 6.45) is 4.78. The number of nitrogens with two attached hydrogens (primary N) is 1. The van der Waals surface area contributed by atoms with Crippen LogP contribution in [0, 0.1) is 10.8 Å². The number of hydrogen-bond donors (Lipinski definition) is 3. The highest BCUT2D eigenvalue weighted by molar-refractivity contribution is 6.35. The maximum absolute atomic E-state index is 9.02. The van der Waals surface area contributed by atoms with Gasteiger partial charge in [0.15, 0.2) is 11.5 Å². The SMILES string of the molecule is COc1cc(N)c(C(=N)c2cnc(N3CC4(CNC4)C3)c(CN(C)C)c2)cc1OCc1c(Cl)cncc1Cl. The number of methoxy groups -OCH3 is 1. The Morgan fingerprint density at radius 2 is 1.84 bits per heavy atom. The predicted octanol–water partition coefficient (Wildman–Crippen LogP) is 3.84. The summed E-state index contributed by atoms with van der Waals surface area (Å²) in [5, 5.41) is 13.2. The van der Waals surface area contributed by atoms with E-state index in [4.69, 9.17) is 48.8 Å². The van der Waals surface area contributed by atoms with Crippen molar-refractivity contribution in [3.05, 3.63) is 69.1 Å². The first-order valence-corrected chi connectivity index (χ1v) is 13.0. The number of pyridine rings is 2. The van der Waals surface area contributed by atoms with Crippen LogP contribution in [0.25, 0.3) is 0 Å². The summed E-state index contributed by atoms with van der Waals surface area (Å²) in [5.74, 6) is 1.84. The highest BCUT2D eigenvalue weighted by Gasteiger charge is 2.48. The zero-order valence-electron chi connectivity index (χ0n) is 21.6. The molecule has 4 heterocycles. The van der Waals surface area contributed by atoms with Gasteiger partial charge in [0.2, 0.25) is 0 Å². The Balaban J connectivity index is 1.42. The first-order chi connectivity index (χ1) is 18.2. The molecular weight excluding hydrogens is 525 g/mol. The van der Waals surface area contributed by atoms with Crippen LogP contribution in [-0.4, -0.2) is 68.0 Å². The maximum Gasteiger partial charge on any atom is 0.162 e. The molecule has 2 aromatic heterocycles. The molecule has 0 unspecified atom stereocenters. The van der Waals surface area contributed by atoms with E-state index >= 15 is 0 Å². The summed E-state index contributed by atoms with van der Waals surface area (Å²) in [4.78, 5) is 13.2. The molecule has 0 aliphatic carbocycles. The van der Waals surface area contributed by atoms with Gasteiger partial charge < -0.3 is 30.3 Å². The summed E-state index contributed by atoms with van der Waals surface area (Å²) in [5.41, 5.74) is 10.3. The fourth-order valence-corrected chi connectivity index (χ4v) is 5.42. The van der Waals surface area contributed by atoms with Gasteiger partial charge in [0, 0.05) is 90.7 Å². The van der Waals surface area contributed by atoms with E-state index < -0.39 is 0 Å². The van der Waals surface area contributed by atoms with Crippen LogP contribution in [0.5, 0.6) is 11.5 Å². The Morgan fingerprint density at radius 1 is 1.13 bits per heavy atom. The van der Waals surface area contributed by atoms with Crippen molar-refractivity contribution in [2.75, 3.05) is 58.0 Å². The Hall–Kier alpha value is -3.11. The van der Waals surface area contributed by atoms with Crippen molar-refractivity contribution in [1.82, 2.24) is 20.2 Å². The van der Waals surface area contributed by atoms with Crippen LogP contribution in [0.1, 0.15) is 22.3 Å². The van der Waals surface area contributed by atoms with Gasteiger partial charge in [0.1, 0.15) is 12.4 Å². The van der Waals surface area contributed by atoms with Crippen LogP contribution < -0.4 is 25.4 Å². The minimum atomic E-state index is 0.101. The second-order valence-electron chi connectivity index (χ2n) is 10.2. The molecular formula is C27H31Cl2N7O2. The van der Waals surface area contributed by atoms with Crippen molar-refractivity contribution < 1.29 is 9.47 Å². The number of benzene rings is 1.